The van der Waals surface area contributed by atoms with E-state index in [1.54, 1.807) is 13.8 Å². The average molecular weight is 225 g/mol. The number of nitrogens with zero attached hydrogens (tertiary/aromatic N) is 2. The molecule has 0 atom stereocenters. The van der Waals surface area contributed by atoms with Crippen molar-refractivity contribution in [2.45, 2.75) is 32.5 Å². The van der Waals surface area contributed by atoms with Crippen LogP contribution in [0.25, 0.3) is 0 Å². The molecule has 0 spiro atoms. The molecule has 0 aliphatic rings. The Morgan fingerprint density at radius 2 is 2.07 bits per heavy atom. The van der Waals surface area contributed by atoms with E-state index in [4.69, 9.17) is 12.2 Å². The van der Waals surface area contributed by atoms with Gasteiger partial charge in [0.25, 0.3) is 0 Å². The van der Waals surface area contributed by atoms with Crippen LogP contribution in [0.1, 0.15) is 25.7 Å². The van der Waals surface area contributed by atoms with Crippen molar-refractivity contribution in [1.82, 2.24) is 14.8 Å². The van der Waals surface area contributed by atoms with Crippen LogP contribution in [-0.4, -0.2) is 20.9 Å². The highest BCUT2D eigenvalue weighted by atomic mass is 32.1. The smallest absolute Gasteiger partial charge is 0.301 e. The Hall–Kier alpha value is -0.850. The molecule has 80 valence electrons. The highest BCUT2D eigenvalue weighted by Crippen LogP contribution is 2.21. The summed E-state index contributed by atoms with van der Waals surface area (Å²) >= 11 is 4.82. The highest BCUT2D eigenvalue weighted by molar-refractivity contribution is 7.71. The van der Waals surface area contributed by atoms with Crippen molar-refractivity contribution in [1.29, 1.82) is 0 Å². The Labute approximate surface area is 83.9 Å². The summed E-state index contributed by atoms with van der Waals surface area (Å²) in [5, 5.41) is 5.91. The van der Waals surface area contributed by atoms with E-state index in [2.05, 4.69) is 10.2 Å². The molecule has 1 aromatic heterocycles. The first-order chi connectivity index (χ1) is 6.31. The van der Waals surface area contributed by atoms with Gasteiger partial charge in [-0.25, -0.2) is 0 Å². The van der Waals surface area contributed by atoms with Gasteiger partial charge in [-0.3, -0.25) is 5.10 Å². The Balaban J connectivity index is 3.04. The summed E-state index contributed by atoms with van der Waals surface area (Å²) in [5.41, 5.74) is 0. The molecule has 0 bridgehead atoms. The second kappa shape index (κ2) is 3.72. The van der Waals surface area contributed by atoms with Gasteiger partial charge in [-0.2, -0.15) is 18.3 Å². The monoisotopic (exact) mass is 225 g/mol. The molecule has 0 unspecified atom stereocenters. The molecule has 0 aliphatic heterocycles. The predicted molar refractivity (Wildman–Crippen MR) is 47.6 cm³/mol. The zero-order chi connectivity index (χ0) is 10.9. The third kappa shape index (κ3) is 2.57. The first kappa shape index (κ1) is 11.2. The van der Waals surface area contributed by atoms with Crippen LogP contribution in [0.5, 0.6) is 0 Å². The third-order valence-electron chi connectivity index (χ3n) is 1.65. The molecule has 1 rings (SSSR count). The summed E-state index contributed by atoms with van der Waals surface area (Å²) in [5.74, 6) is -0.0718. The molecule has 0 aliphatic carbocycles. The maximum absolute atomic E-state index is 12.1. The van der Waals surface area contributed by atoms with Crippen molar-refractivity contribution in [2.24, 2.45) is 0 Å². The van der Waals surface area contributed by atoms with Crippen LogP contribution in [0.15, 0.2) is 0 Å². The minimum atomic E-state index is -4.26. The zero-order valence-electron chi connectivity index (χ0n) is 7.72. The fourth-order valence-electron chi connectivity index (χ4n) is 1.17. The van der Waals surface area contributed by atoms with E-state index in [1.807, 2.05) is 0 Å². The normalized spacial score (nSPS) is 12.4. The van der Waals surface area contributed by atoms with Crippen molar-refractivity contribution < 1.29 is 13.2 Å². The van der Waals surface area contributed by atoms with Crippen molar-refractivity contribution in [3.63, 3.8) is 0 Å². The van der Waals surface area contributed by atoms with E-state index in [0.29, 0.717) is 0 Å². The van der Waals surface area contributed by atoms with Crippen LogP contribution in [-0.2, 0) is 6.42 Å². The van der Waals surface area contributed by atoms with E-state index in [9.17, 15) is 13.2 Å². The van der Waals surface area contributed by atoms with Crippen LogP contribution < -0.4 is 0 Å². The van der Waals surface area contributed by atoms with Gasteiger partial charge in [0.05, 0.1) is 0 Å². The number of hydrogen-bond acceptors (Lipinski definition) is 2. The number of rotatable bonds is 2. The maximum atomic E-state index is 12.1. The maximum Gasteiger partial charge on any atom is 0.396 e. The van der Waals surface area contributed by atoms with Gasteiger partial charge >= 0.3 is 6.18 Å². The lowest BCUT2D eigenvalue weighted by Crippen LogP contribution is -2.17. The van der Waals surface area contributed by atoms with Gasteiger partial charge in [0.1, 0.15) is 12.2 Å². The molecular formula is C7H10F3N3S. The van der Waals surface area contributed by atoms with Gasteiger partial charge in [0, 0.05) is 6.04 Å². The van der Waals surface area contributed by atoms with Crippen LogP contribution in [0.3, 0.4) is 0 Å². The lowest BCUT2D eigenvalue weighted by atomic mass is 10.3. The second-order valence-corrected chi connectivity index (χ2v) is 3.59. The molecule has 0 saturated heterocycles. The number of H-pyrrole nitrogens is 1. The summed E-state index contributed by atoms with van der Waals surface area (Å²) in [7, 11) is 0. The fourth-order valence-corrected chi connectivity index (χ4v) is 1.54. The lowest BCUT2D eigenvalue weighted by Gasteiger charge is -2.11. The quantitative estimate of drug-likeness (QED) is 0.785. The average Bonchev–Trinajstić information content (AvgIpc) is 2.27. The number of hydrogen-bond donors (Lipinski definition) is 1. The SMILES string of the molecule is CC(C)n1c(CC(F)(F)F)n[nH]c1=S. The second-order valence-electron chi connectivity index (χ2n) is 3.20. The van der Waals surface area contributed by atoms with Gasteiger partial charge in [-0.15, -0.1) is 0 Å². The molecule has 7 heteroatoms. The Kier molecular flexibility index (Phi) is 2.98. The van der Waals surface area contributed by atoms with Gasteiger partial charge < -0.3 is 4.57 Å². The van der Waals surface area contributed by atoms with Crippen LogP contribution in [0.4, 0.5) is 13.2 Å². The molecular weight excluding hydrogens is 215 g/mol. The molecule has 14 heavy (non-hydrogen) atoms. The molecule has 0 saturated carbocycles. The molecule has 0 amide bonds. The van der Waals surface area contributed by atoms with Crippen molar-refractivity contribution >= 4 is 12.2 Å². The van der Waals surface area contributed by atoms with Crippen molar-refractivity contribution in [2.75, 3.05) is 0 Å². The van der Waals surface area contributed by atoms with Crippen LogP contribution in [0, 0.1) is 4.77 Å². The van der Waals surface area contributed by atoms with Crippen molar-refractivity contribution in [3.05, 3.63) is 10.6 Å². The summed E-state index contributed by atoms with van der Waals surface area (Å²) < 4.78 is 37.9. The summed E-state index contributed by atoms with van der Waals surface area (Å²) in [6, 6.07) is -0.126. The van der Waals surface area contributed by atoms with E-state index in [0.717, 1.165) is 0 Å². The molecule has 1 aromatic rings. The number of alkyl halides is 3. The lowest BCUT2D eigenvalue weighted by molar-refractivity contribution is -0.129. The fraction of sp³-hybridized carbons (Fsp3) is 0.714. The van der Waals surface area contributed by atoms with Crippen LogP contribution >= 0.6 is 12.2 Å². The van der Waals surface area contributed by atoms with Crippen LogP contribution in [0.2, 0.25) is 0 Å². The van der Waals surface area contributed by atoms with Gasteiger partial charge in [0.2, 0.25) is 0 Å². The number of halogens is 3. The molecule has 0 fully saturated rings. The Bertz CT molecular complexity index is 363. The van der Waals surface area contributed by atoms with E-state index >= 15 is 0 Å². The topological polar surface area (TPSA) is 33.6 Å². The van der Waals surface area contributed by atoms with E-state index in [1.165, 1.54) is 4.57 Å². The molecule has 3 nitrogen and oxygen atoms in total. The highest BCUT2D eigenvalue weighted by Gasteiger charge is 2.31. The summed E-state index contributed by atoms with van der Waals surface area (Å²) in [6.07, 6.45) is -5.31. The largest absolute Gasteiger partial charge is 0.396 e. The summed E-state index contributed by atoms with van der Waals surface area (Å²) in [4.78, 5) is 0. The zero-order valence-corrected chi connectivity index (χ0v) is 8.54. The Morgan fingerprint density at radius 1 is 1.50 bits per heavy atom. The van der Waals surface area contributed by atoms with E-state index in [-0.39, 0.29) is 16.6 Å². The number of aromatic amines is 1. The van der Waals surface area contributed by atoms with Gasteiger partial charge in [0.15, 0.2) is 4.77 Å². The first-order valence-corrected chi connectivity index (χ1v) is 4.44. The summed E-state index contributed by atoms with van der Waals surface area (Å²) in [6.45, 7) is 3.51. The third-order valence-corrected chi connectivity index (χ3v) is 1.94. The molecule has 0 radical (unpaired) electrons. The van der Waals surface area contributed by atoms with Gasteiger partial charge in [-0.1, -0.05) is 0 Å². The predicted octanol–water partition coefficient (Wildman–Crippen LogP) is 2.63. The minimum absolute atomic E-state index is 0.0718. The number of nitrogens with one attached hydrogen (secondary N) is 1. The van der Waals surface area contributed by atoms with Gasteiger partial charge in [-0.05, 0) is 26.1 Å². The minimum Gasteiger partial charge on any atom is -0.301 e. The molecule has 1 N–H and O–H groups in total. The van der Waals surface area contributed by atoms with Crippen molar-refractivity contribution in [3.8, 4) is 0 Å². The standard InChI is InChI=1S/C7H10F3N3S/c1-4(2)13-5(3-7(8,9)10)11-12-6(13)14/h4H,3H2,1-2H3,(H,12,14). The Morgan fingerprint density at radius 3 is 2.50 bits per heavy atom. The molecule has 0 aromatic carbocycles. The molecule has 1 heterocycles. The van der Waals surface area contributed by atoms with E-state index < -0.39 is 12.6 Å². The number of aromatic nitrogens is 3. The first-order valence-electron chi connectivity index (χ1n) is 4.04.